The number of nitrogens with zero attached hydrogens (tertiary/aromatic N) is 2. The summed E-state index contributed by atoms with van der Waals surface area (Å²) in [5.74, 6) is 0. The number of aryl methyl sites for hydroxylation is 1. The molecule has 1 aromatic heterocycles. The molecule has 0 saturated carbocycles. The molecule has 1 fully saturated rings. The van der Waals surface area contributed by atoms with E-state index in [9.17, 15) is 0 Å². The zero-order chi connectivity index (χ0) is 13.1. The van der Waals surface area contributed by atoms with E-state index in [2.05, 4.69) is 36.6 Å². The number of rotatable bonds is 4. The van der Waals surface area contributed by atoms with Crippen molar-refractivity contribution in [3.63, 3.8) is 0 Å². The van der Waals surface area contributed by atoms with Gasteiger partial charge in [0, 0.05) is 55.1 Å². The van der Waals surface area contributed by atoms with Crippen LogP contribution in [-0.4, -0.2) is 42.0 Å². The Kier molecular flexibility index (Phi) is 4.78. The van der Waals surface area contributed by atoms with Crippen molar-refractivity contribution in [2.24, 2.45) is 5.73 Å². The predicted octanol–water partition coefficient (Wildman–Crippen LogP) is 2.04. The van der Waals surface area contributed by atoms with E-state index >= 15 is 0 Å². The lowest BCUT2D eigenvalue weighted by Gasteiger charge is -2.36. The summed E-state index contributed by atoms with van der Waals surface area (Å²) in [4.78, 5) is 7.86. The zero-order valence-electron chi connectivity index (χ0n) is 11.8. The lowest BCUT2D eigenvalue weighted by Crippen LogP contribution is -2.48. The van der Waals surface area contributed by atoms with Crippen LogP contribution in [0.4, 0.5) is 0 Å². The van der Waals surface area contributed by atoms with Crippen LogP contribution in [0, 0.1) is 6.92 Å². The predicted molar refractivity (Wildman–Crippen MR) is 78.9 cm³/mol. The molecule has 0 atom stereocenters. The lowest BCUT2D eigenvalue weighted by molar-refractivity contribution is 0.104. The molecule has 0 aromatic carbocycles. The van der Waals surface area contributed by atoms with Gasteiger partial charge in [0.15, 0.2) is 0 Å². The van der Waals surface area contributed by atoms with E-state index in [-0.39, 0.29) is 0 Å². The minimum absolute atomic E-state index is 0.673. The van der Waals surface area contributed by atoms with E-state index in [1.54, 1.807) is 0 Å². The standard InChI is InChI=1S/C14H25N3S/c1-11(2)17-6-4-16(5-7-17)10-13-8-14(9-15)18-12(13)3/h8,11H,4-7,9-10,15H2,1-3H3. The Morgan fingerprint density at radius 3 is 2.44 bits per heavy atom. The SMILES string of the molecule is Cc1sc(CN)cc1CN1CCN(C(C)C)CC1. The van der Waals surface area contributed by atoms with Gasteiger partial charge in [0.2, 0.25) is 0 Å². The Hall–Kier alpha value is -0.420. The van der Waals surface area contributed by atoms with Crippen LogP contribution in [0.3, 0.4) is 0 Å². The molecule has 0 radical (unpaired) electrons. The molecule has 2 rings (SSSR count). The molecule has 2 N–H and O–H groups in total. The highest BCUT2D eigenvalue weighted by atomic mass is 32.1. The van der Waals surface area contributed by atoms with Crippen molar-refractivity contribution in [3.8, 4) is 0 Å². The summed E-state index contributed by atoms with van der Waals surface area (Å²) in [5, 5.41) is 0. The number of piperazine rings is 1. The van der Waals surface area contributed by atoms with Gasteiger partial charge >= 0.3 is 0 Å². The largest absolute Gasteiger partial charge is 0.326 e. The Balaban J connectivity index is 1.89. The average molecular weight is 267 g/mol. The lowest BCUT2D eigenvalue weighted by atomic mass is 10.2. The molecule has 0 spiro atoms. The van der Waals surface area contributed by atoms with Crippen molar-refractivity contribution in [3.05, 3.63) is 21.4 Å². The summed E-state index contributed by atoms with van der Waals surface area (Å²) >= 11 is 1.85. The van der Waals surface area contributed by atoms with Crippen molar-refractivity contribution in [1.82, 2.24) is 9.80 Å². The van der Waals surface area contributed by atoms with E-state index in [1.807, 2.05) is 11.3 Å². The fourth-order valence-electron chi connectivity index (χ4n) is 2.52. The van der Waals surface area contributed by atoms with Crippen molar-refractivity contribution >= 4 is 11.3 Å². The van der Waals surface area contributed by atoms with Gasteiger partial charge in [-0.3, -0.25) is 9.80 Å². The highest BCUT2D eigenvalue weighted by Gasteiger charge is 2.19. The van der Waals surface area contributed by atoms with E-state index in [4.69, 9.17) is 5.73 Å². The summed E-state index contributed by atoms with van der Waals surface area (Å²) in [5.41, 5.74) is 7.18. The second-order valence-electron chi connectivity index (χ2n) is 5.40. The van der Waals surface area contributed by atoms with Crippen molar-refractivity contribution in [2.75, 3.05) is 26.2 Å². The van der Waals surface area contributed by atoms with Crippen LogP contribution < -0.4 is 5.73 Å². The first-order valence-corrected chi connectivity index (χ1v) is 7.66. The van der Waals surface area contributed by atoms with Crippen LogP contribution in [0.5, 0.6) is 0 Å². The third-order valence-corrected chi connectivity index (χ3v) is 4.92. The van der Waals surface area contributed by atoms with Crippen molar-refractivity contribution < 1.29 is 0 Å². The molecular weight excluding hydrogens is 242 g/mol. The van der Waals surface area contributed by atoms with Gasteiger partial charge < -0.3 is 5.73 Å². The molecule has 0 unspecified atom stereocenters. The topological polar surface area (TPSA) is 32.5 Å². The summed E-state index contributed by atoms with van der Waals surface area (Å²) in [6, 6.07) is 2.97. The van der Waals surface area contributed by atoms with Gasteiger partial charge in [-0.05, 0) is 32.4 Å². The van der Waals surface area contributed by atoms with Gasteiger partial charge in [-0.15, -0.1) is 11.3 Å². The van der Waals surface area contributed by atoms with Crippen LogP contribution in [0.25, 0.3) is 0 Å². The maximum Gasteiger partial charge on any atom is 0.0274 e. The quantitative estimate of drug-likeness (QED) is 0.906. The Morgan fingerprint density at radius 2 is 1.94 bits per heavy atom. The first-order valence-electron chi connectivity index (χ1n) is 6.84. The second-order valence-corrected chi connectivity index (χ2v) is 6.74. The van der Waals surface area contributed by atoms with E-state index in [0.29, 0.717) is 12.6 Å². The van der Waals surface area contributed by atoms with Gasteiger partial charge in [-0.2, -0.15) is 0 Å². The first-order chi connectivity index (χ1) is 8.60. The third kappa shape index (κ3) is 3.32. The molecule has 1 saturated heterocycles. The molecule has 1 aliphatic rings. The molecule has 2 heterocycles. The highest BCUT2D eigenvalue weighted by molar-refractivity contribution is 7.12. The number of hydrogen-bond acceptors (Lipinski definition) is 4. The molecule has 18 heavy (non-hydrogen) atoms. The van der Waals surface area contributed by atoms with Crippen LogP contribution in [0.2, 0.25) is 0 Å². The third-order valence-electron chi connectivity index (χ3n) is 3.80. The number of thiophene rings is 1. The fraction of sp³-hybridized carbons (Fsp3) is 0.714. The van der Waals surface area contributed by atoms with Gasteiger partial charge in [0.25, 0.3) is 0 Å². The maximum absolute atomic E-state index is 5.71. The normalized spacial score (nSPS) is 18.7. The number of hydrogen-bond donors (Lipinski definition) is 1. The second kappa shape index (κ2) is 6.15. The Bertz CT molecular complexity index is 378. The minimum Gasteiger partial charge on any atom is -0.326 e. The number of nitrogens with two attached hydrogens (primary N) is 1. The fourth-order valence-corrected chi connectivity index (χ4v) is 3.46. The van der Waals surface area contributed by atoms with Gasteiger partial charge in [0.1, 0.15) is 0 Å². The Labute approximate surface area is 115 Å². The molecular formula is C14H25N3S. The van der Waals surface area contributed by atoms with E-state index < -0.39 is 0 Å². The maximum atomic E-state index is 5.71. The van der Waals surface area contributed by atoms with Gasteiger partial charge in [-0.1, -0.05) is 0 Å². The Morgan fingerprint density at radius 1 is 1.28 bits per heavy atom. The summed E-state index contributed by atoms with van der Waals surface area (Å²) < 4.78 is 0. The zero-order valence-corrected chi connectivity index (χ0v) is 12.6. The molecule has 0 amide bonds. The summed E-state index contributed by atoms with van der Waals surface area (Å²) in [7, 11) is 0. The van der Waals surface area contributed by atoms with Crippen LogP contribution in [0.15, 0.2) is 6.07 Å². The average Bonchev–Trinajstić information content (AvgIpc) is 2.71. The van der Waals surface area contributed by atoms with Gasteiger partial charge in [-0.25, -0.2) is 0 Å². The van der Waals surface area contributed by atoms with Crippen molar-refractivity contribution in [1.29, 1.82) is 0 Å². The summed E-state index contributed by atoms with van der Waals surface area (Å²) in [6.07, 6.45) is 0. The molecule has 102 valence electrons. The molecule has 0 bridgehead atoms. The molecule has 1 aliphatic heterocycles. The first kappa shape index (κ1) is 14.0. The van der Waals surface area contributed by atoms with E-state index in [1.165, 1.54) is 41.5 Å². The van der Waals surface area contributed by atoms with E-state index in [0.717, 1.165) is 6.54 Å². The molecule has 3 nitrogen and oxygen atoms in total. The molecule has 0 aliphatic carbocycles. The van der Waals surface area contributed by atoms with Crippen LogP contribution in [-0.2, 0) is 13.1 Å². The molecule has 1 aromatic rings. The van der Waals surface area contributed by atoms with Crippen LogP contribution >= 0.6 is 11.3 Å². The monoisotopic (exact) mass is 267 g/mol. The van der Waals surface area contributed by atoms with Crippen molar-refractivity contribution in [2.45, 2.75) is 39.9 Å². The smallest absolute Gasteiger partial charge is 0.0274 e. The van der Waals surface area contributed by atoms with Crippen LogP contribution in [0.1, 0.15) is 29.2 Å². The summed E-state index contributed by atoms with van der Waals surface area (Å²) in [6.45, 7) is 13.3. The van der Waals surface area contributed by atoms with Gasteiger partial charge in [0.05, 0.1) is 0 Å². The minimum atomic E-state index is 0.673. The molecule has 4 heteroatoms. The highest BCUT2D eigenvalue weighted by Crippen LogP contribution is 2.23.